The smallest absolute Gasteiger partial charge is 0.191 e. The second kappa shape index (κ2) is 6.54. The van der Waals surface area contributed by atoms with Gasteiger partial charge >= 0.3 is 0 Å². The second-order valence-electron chi connectivity index (χ2n) is 5.37. The first kappa shape index (κ1) is 14.5. The molecule has 21 heavy (non-hydrogen) atoms. The summed E-state index contributed by atoms with van der Waals surface area (Å²) < 4.78 is 39.1. The second-order valence-corrected chi connectivity index (χ2v) is 5.37. The molecule has 1 aromatic rings. The Kier molecular flexibility index (Phi) is 4.51. The molecular formula is C16H19F2NO2. The van der Waals surface area contributed by atoms with Gasteiger partial charge in [0.1, 0.15) is 12.2 Å². The van der Waals surface area contributed by atoms with E-state index in [1.54, 1.807) is 0 Å². The number of halogens is 2. The number of rotatable bonds is 4. The molecule has 3 nitrogen and oxygen atoms in total. The van der Waals surface area contributed by atoms with Gasteiger partial charge in [0.25, 0.3) is 0 Å². The Labute approximate surface area is 122 Å². The van der Waals surface area contributed by atoms with E-state index in [4.69, 9.17) is 9.47 Å². The minimum atomic E-state index is -0.678. The highest BCUT2D eigenvalue weighted by Gasteiger charge is 2.31. The van der Waals surface area contributed by atoms with Crippen molar-refractivity contribution in [3.05, 3.63) is 41.5 Å². The van der Waals surface area contributed by atoms with E-state index in [-0.39, 0.29) is 11.9 Å². The van der Waals surface area contributed by atoms with Crippen molar-refractivity contribution in [2.75, 3.05) is 19.7 Å². The van der Waals surface area contributed by atoms with E-state index in [0.717, 1.165) is 31.4 Å². The lowest BCUT2D eigenvalue weighted by molar-refractivity contribution is -0.0314. The number of hydrogen-bond acceptors (Lipinski definition) is 3. The van der Waals surface area contributed by atoms with Crippen LogP contribution < -0.4 is 10.1 Å². The Hall–Kier alpha value is -1.46. The summed E-state index contributed by atoms with van der Waals surface area (Å²) in [5.41, 5.74) is 1.08. The van der Waals surface area contributed by atoms with Crippen LogP contribution in [-0.2, 0) is 4.74 Å². The minimum Gasteiger partial charge on any atom is -0.477 e. The van der Waals surface area contributed by atoms with Crippen molar-refractivity contribution in [2.45, 2.75) is 31.5 Å². The lowest BCUT2D eigenvalue weighted by Crippen LogP contribution is -2.48. The van der Waals surface area contributed by atoms with E-state index >= 15 is 0 Å². The van der Waals surface area contributed by atoms with Crippen LogP contribution in [0.5, 0.6) is 5.75 Å². The van der Waals surface area contributed by atoms with E-state index in [0.29, 0.717) is 13.2 Å². The summed E-state index contributed by atoms with van der Waals surface area (Å²) in [7, 11) is 0. The standard InChI is InChI=1S/C16H19F2NO2/c17-12-6-3-7-13(18)16(12)21-15(11-4-1-2-5-11)14-10-19-8-9-20-14/h3-4,6-7,14-15,19H,1-2,5,8-10H2/t14-,15-/m0/s1. The Balaban J connectivity index is 1.84. The van der Waals surface area contributed by atoms with Crippen LogP contribution in [0.25, 0.3) is 0 Å². The van der Waals surface area contributed by atoms with Gasteiger partial charge in [-0.1, -0.05) is 12.1 Å². The predicted molar refractivity (Wildman–Crippen MR) is 75.3 cm³/mol. The zero-order chi connectivity index (χ0) is 14.7. The maximum atomic E-state index is 13.8. The molecule has 1 saturated heterocycles. The van der Waals surface area contributed by atoms with Gasteiger partial charge in [0.05, 0.1) is 6.61 Å². The van der Waals surface area contributed by atoms with Crippen molar-refractivity contribution in [1.29, 1.82) is 0 Å². The first-order valence-corrected chi connectivity index (χ1v) is 7.37. The van der Waals surface area contributed by atoms with Crippen LogP contribution in [0.1, 0.15) is 19.3 Å². The summed E-state index contributed by atoms with van der Waals surface area (Å²) in [5, 5.41) is 3.23. The number of nitrogens with one attached hydrogen (secondary N) is 1. The average molecular weight is 295 g/mol. The lowest BCUT2D eigenvalue weighted by atomic mass is 10.0. The van der Waals surface area contributed by atoms with Crippen molar-refractivity contribution in [2.24, 2.45) is 0 Å². The maximum absolute atomic E-state index is 13.8. The van der Waals surface area contributed by atoms with Gasteiger partial charge in [0, 0.05) is 13.1 Å². The van der Waals surface area contributed by atoms with E-state index in [1.165, 1.54) is 18.2 Å². The zero-order valence-electron chi connectivity index (χ0n) is 11.8. The van der Waals surface area contributed by atoms with Crippen LogP contribution in [0.15, 0.2) is 29.8 Å². The quantitative estimate of drug-likeness (QED) is 0.867. The Morgan fingerprint density at radius 2 is 2.10 bits per heavy atom. The molecular weight excluding hydrogens is 276 g/mol. The summed E-state index contributed by atoms with van der Waals surface area (Å²) in [6, 6.07) is 3.75. The summed E-state index contributed by atoms with van der Waals surface area (Å²) in [6.45, 7) is 1.99. The van der Waals surface area contributed by atoms with E-state index in [1.807, 2.05) is 0 Å². The number of para-hydroxylation sites is 1. The molecule has 0 radical (unpaired) electrons. The third-order valence-electron chi connectivity index (χ3n) is 3.90. The van der Waals surface area contributed by atoms with Crippen molar-refractivity contribution >= 4 is 0 Å². The molecule has 114 valence electrons. The SMILES string of the molecule is Fc1cccc(F)c1O[C@@H](C1=CCCC1)[C@@H]1CNCCO1. The van der Waals surface area contributed by atoms with Crippen LogP contribution in [-0.4, -0.2) is 31.9 Å². The molecule has 1 aliphatic carbocycles. The molecule has 0 spiro atoms. The molecule has 0 unspecified atom stereocenters. The van der Waals surface area contributed by atoms with Crippen LogP contribution in [0.4, 0.5) is 8.78 Å². The number of hydrogen-bond donors (Lipinski definition) is 1. The molecule has 2 atom stereocenters. The first-order chi connectivity index (χ1) is 10.3. The van der Waals surface area contributed by atoms with Crippen LogP contribution >= 0.6 is 0 Å². The van der Waals surface area contributed by atoms with Gasteiger partial charge in [-0.05, 0) is 37.0 Å². The lowest BCUT2D eigenvalue weighted by Gasteiger charge is -2.32. The van der Waals surface area contributed by atoms with Gasteiger partial charge in [-0.15, -0.1) is 0 Å². The van der Waals surface area contributed by atoms with Gasteiger partial charge < -0.3 is 14.8 Å². The van der Waals surface area contributed by atoms with Crippen molar-refractivity contribution < 1.29 is 18.3 Å². The average Bonchev–Trinajstić information content (AvgIpc) is 3.02. The normalized spacial score (nSPS) is 23.7. The molecule has 1 N–H and O–H groups in total. The van der Waals surface area contributed by atoms with Gasteiger partial charge in [-0.25, -0.2) is 8.78 Å². The van der Waals surface area contributed by atoms with Crippen molar-refractivity contribution in [3.8, 4) is 5.75 Å². The first-order valence-electron chi connectivity index (χ1n) is 7.37. The van der Waals surface area contributed by atoms with Gasteiger partial charge in [-0.3, -0.25) is 0 Å². The predicted octanol–water partition coefficient (Wildman–Crippen LogP) is 2.81. The molecule has 0 amide bonds. The summed E-state index contributed by atoms with van der Waals surface area (Å²) in [4.78, 5) is 0. The van der Waals surface area contributed by atoms with E-state index < -0.39 is 17.7 Å². The molecule has 0 aromatic heterocycles. The topological polar surface area (TPSA) is 30.5 Å². The minimum absolute atomic E-state index is 0.220. The number of morpholine rings is 1. The van der Waals surface area contributed by atoms with Gasteiger partial charge in [0.15, 0.2) is 17.4 Å². The molecule has 1 heterocycles. The molecule has 0 saturated carbocycles. The van der Waals surface area contributed by atoms with Crippen LogP contribution in [0, 0.1) is 11.6 Å². The summed E-state index contributed by atoms with van der Waals surface area (Å²) in [6.07, 6.45) is 4.36. The maximum Gasteiger partial charge on any atom is 0.191 e. The molecule has 5 heteroatoms. The molecule has 1 aliphatic heterocycles. The third-order valence-corrected chi connectivity index (χ3v) is 3.90. The Morgan fingerprint density at radius 1 is 1.29 bits per heavy atom. The molecule has 1 aromatic carbocycles. The van der Waals surface area contributed by atoms with Gasteiger partial charge in [-0.2, -0.15) is 0 Å². The molecule has 1 fully saturated rings. The molecule has 3 rings (SSSR count). The highest BCUT2D eigenvalue weighted by Crippen LogP contribution is 2.30. The number of allylic oxidation sites excluding steroid dienone is 1. The van der Waals surface area contributed by atoms with E-state index in [2.05, 4.69) is 11.4 Å². The zero-order valence-corrected chi connectivity index (χ0v) is 11.8. The highest BCUT2D eigenvalue weighted by molar-refractivity contribution is 5.28. The summed E-state index contributed by atoms with van der Waals surface area (Å²) >= 11 is 0. The highest BCUT2D eigenvalue weighted by atomic mass is 19.1. The van der Waals surface area contributed by atoms with Crippen molar-refractivity contribution in [3.63, 3.8) is 0 Å². The largest absolute Gasteiger partial charge is 0.477 e. The Bertz CT molecular complexity index is 507. The number of benzene rings is 1. The monoisotopic (exact) mass is 295 g/mol. The van der Waals surface area contributed by atoms with E-state index in [9.17, 15) is 8.78 Å². The summed E-state index contributed by atoms with van der Waals surface area (Å²) in [5.74, 6) is -1.67. The fourth-order valence-corrected chi connectivity index (χ4v) is 2.85. The van der Waals surface area contributed by atoms with Gasteiger partial charge in [0.2, 0.25) is 0 Å². The fraction of sp³-hybridized carbons (Fsp3) is 0.500. The fourth-order valence-electron chi connectivity index (χ4n) is 2.85. The number of ether oxygens (including phenoxy) is 2. The Morgan fingerprint density at radius 3 is 2.71 bits per heavy atom. The van der Waals surface area contributed by atoms with Crippen LogP contribution in [0.3, 0.4) is 0 Å². The molecule has 0 bridgehead atoms. The molecule has 2 aliphatic rings. The van der Waals surface area contributed by atoms with Crippen molar-refractivity contribution in [1.82, 2.24) is 5.32 Å². The van der Waals surface area contributed by atoms with Crippen LogP contribution in [0.2, 0.25) is 0 Å². The third kappa shape index (κ3) is 3.24.